The van der Waals surface area contributed by atoms with Crippen molar-refractivity contribution in [1.29, 1.82) is 0 Å². The Bertz CT molecular complexity index is 402. The number of unbranched alkanes of at least 4 members (excludes halogenated alkanes) is 4. The van der Waals surface area contributed by atoms with E-state index in [1.54, 1.807) is 0 Å². The lowest BCUT2D eigenvalue weighted by Crippen LogP contribution is -2.25. The van der Waals surface area contributed by atoms with Crippen molar-refractivity contribution in [2.75, 3.05) is 19.8 Å². The number of nitrogens with one attached hydrogen (secondary N) is 1. The third-order valence-electron chi connectivity index (χ3n) is 4.14. The van der Waals surface area contributed by atoms with Crippen LogP contribution in [0.2, 0.25) is 0 Å². The van der Waals surface area contributed by atoms with Gasteiger partial charge in [0.1, 0.15) is 5.75 Å². The molecule has 1 aromatic rings. The summed E-state index contributed by atoms with van der Waals surface area (Å²) in [5, 5.41) is 3.48. The van der Waals surface area contributed by atoms with Gasteiger partial charge in [0.25, 0.3) is 0 Å². The lowest BCUT2D eigenvalue weighted by atomic mass is 10.2. The second kappa shape index (κ2) is 10.6. The summed E-state index contributed by atoms with van der Waals surface area (Å²) in [6.45, 7) is 5.83. The molecule has 124 valence electrons. The minimum Gasteiger partial charge on any atom is -0.494 e. The Kier molecular flexibility index (Phi) is 8.36. The summed E-state index contributed by atoms with van der Waals surface area (Å²) in [4.78, 5) is 0. The van der Waals surface area contributed by atoms with Crippen LogP contribution in [0.3, 0.4) is 0 Å². The van der Waals surface area contributed by atoms with Crippen molar-refractivity contribution in [2.24, 2.45) is 0 Å². The zero-order valence-corrected chi connectivity index (χ0v) is 14.0. The van der Waals surface area contributed by atoms with Crippen molar-refractivity contribution < 1.29 is 9.47 Å². The van der Waals surface area contributed by atoms with Gasteiger partial charge in [-0.25, -0.2) is 0 Å². The molecular formula is C19H31NO2. The average Bonchev–Trinajstić information content (AvgIpc) is 3.05. The Labute approximate surface area is 135 Å². The maximum Gasteiger partial charge on any atom is 0.119 e. The van der Waals surface area contributed by atoms with E-state index in [9.17, 15) is 0 Å². The highest BCUT2D eigenvalue weighted by atomic mass is 16.5. The van der Waals surface area contributed by atoms with E-state index >= 15 is 0 Å². The fourth-order valence-electron chi connectivity index (χ4n) is 2.82. The molecule has 0 aromatic heterocycles. The van der Waals surface area contributed by atoms with Gasteiger partial charge in [-0.2, -0.15) is 0 Å². The van der Waals surface area contributed by atoms with Crippen LogP contribution in [0, 0.1) is 0 Å². The third kappa shape index (κ3) is 6.80. The van der Waals surface area contributed by atoms with E-state index in [0.29, 0.717) is 6.10 Å². The van der Waals surface area contributed by atoms with Crippen LogP contribution < -0.4 is 10.1 Å². The molecule has 1 saturated heterocycles. The first kappa shape index (κ1) is 17.3. The lowest BCUT2D eigenvalue weighted by Gasteiger charge is -2.12. The van der Waals surface area contributed by atoms with E-state index < -0.39 is 0 Å². The van der Waals surface area contributed by atoms with Crippen molar-refractivity contribution in [3.8, 4) is 5.75 Å². The van der Waals surface area contributed by atoms with Gasteiger partial charge in [0.2, 0.25) is 0 Å². The van der Waals surface area contributed by atoms with Gasteiger partial charge < -0.3 is 14.8 Å². The Morgan fingerprint density at radius 2 is 2.14 bits per heavy atom. The summed E-state index contributed by atoms with van der Waals surface area (Å²) in [6.07, 6.45) is 9.18. The number of hydrogen-bond donors (Lipinski definition) is 1. The van der Waals surface area contributed by atoms with Crippen LogP contribution in [-0.4, -0.2) is 25.9 Å². The summed E-state index contributed by atoms with van der Waals surface area (Å²) in [6, 6.07) is 8.43. The number of hydrogen-bond acceptors (Lipinski definition) is 3. The zero-order chi connectivity index (χ0) is 15.5. The molecule has 0 saturated carbocycles. The fourth-order valence-corrected chi connectivity index (χ4v) is 2.82. The largest absolute Gasteiger partial charge is 0.494 e. The van der Waals surface area contributed by atoms with Crippen molar-refractivity contribution >= 4 is 0 Å². The number of rotatable bonds is 11. The van der Waals surface area contributed by atoms with Crippen LogP contribution in [0.4, 0.5) is 0 Å². The molecule has 1 heterocycles. The van der Waals surface area contributed by atoms with Crippen LogP contribution >= 0.6 is 0 Å². The van der Waals surface area contributed by atoms with Gasteiger partial charge in [0.15, 0.2) is 0 Å². The molecule has 1 aliphatic rings. The monoisotopic (exact) mass is 305 g/mol. The zero-order valence-electron chi connectivity index (χ0n) is 14.0. The maximum atomic E-state index is 5.85. The number of benzene rings is 1. The summed E-state index contributed by atoms with van der Waals surface area (Å²) >= 11 is 0. The molecule has 1 aromatic carbocycles. The van der Waals surface area contributed by atoms with E-state index in [2.05, 4.69) is 36.5 Å². The summed E-state index contributed by atoms with van der Waals surface area (Å²) in [7, 11) is 0. The normalized spacial score (nSPS) is 17.8. The molecule has 1 atom stereocenters. The first-order valence-corrected chi connectivity index (χ1v) is 8.92. The van der Waals surface area contributed by atoms with Crippen LogP contribution in [0.5, 0.6) is 5.75 Å². The fraction of sp³-hybridized carbons (Fsp3) is 0.684. The predicted octanol–water partition coefficient (Wildman–Crippen LogP) is 4.30. The van der Waals surface area contributed by atoms with E-state index in [0.717, 1.165) is 38.5 Å². The lowest BCUT2D eigenvalue weighted by molar-refractivity contribution is 0.110. The first-order chi connectivity index (χ1) is 10.9. The van der Waals surface area contributed by atoms with Gasteiger partial charge in [0.05, 0.1) is 12.7 Å². The predicted molar refractivity (Wildman–Crippen MR) is 91.4 cm³/mol. The van der Waals surface area contributed by atoms with Gasteiger partial charge in [-0.3, -0.25) is 0 Å². The second-order valence-electron chi connectivity index (χ2n) is 6.18. The topological polar surface area (TPSA) is 30.5 Å². The van der Waals surface area contributed by atoms with Gasteiger partial charge in [-0.05, 0) is 37.0 Å². The van der Waals surface area contributed by atoms with Gasteiger partial charge in [-0.15, -0.1) is 0 Å². The van der Waals surface area contributed by atoms with Gasteiger partial charge in [0, 0.05) is 19.7 Å². The molecule has 1 fully saturated rings. The molecule has 0 amide bonds. The van der Waals surface area contributed by atoms with Gasteiger partial charge >= 0.3 is 0 Å². The molecular weight excluding hydrogens is 274 g/mol. The van der Waals surface area contributed by atoms with Crippen LogP contribution in [0.15, 0.2) is 24.3 Å². The Hall–Kier alpha value is -1.06. The maximum absolute atomic E-state index is 5.85. The Morgan fingerprint density at radius 3 is 2.95 bits per heavy atom. The Morgan fingerprint density at radius 1 is 1.23 bits per heavy atom. The third-order valence-corrected chi connectivity index (χ3v) is 4.14. The molecule has 1 aliphatic heterocycles. The molecule has 0 spiro atoms. The SMILES string of the molecule is CCCCCCCOc1cccc(CNCC2CCCO2)c1. The molecule has 22 heavy (non-hydrogen) atoms. The van der Waals surface area contributed by atoms with E-state index in [-0.39, 0.29) is 0 Å². The summed E-state index contributed by atoms with van der Waals surface area (Å²) < 4.78 is 11.5. The molecule has 0 radical (unpaired) electrons. The smallest absolute Gasteiger partial charge is 0.119 e. The average molecular weight is 305 g/mol. The van der Waals surface area contributed by atoms with E-state index in [4.69, 9.17) is 9.47 Å². The van der Waals surface area contributed by atoms with Crippen LogP contribution in [0.25, 0.3) is 0 Å². The highest BCUT2D eigenvalue weighted by Crippen LogP contribution is 2.15. The molecule has 3 heteroatoms. The summed E-state index contributed by atoms with van der Waals surface area (Å²) in [5.74, 6) is 0.993. The summed E-state index contributed by atoms with van der Waals surface area (Å²) in [5.41, 5.74) is 1.28. The minimum absolute atomic E-state index is 0.405. The van der Waals surface area contributed by atoms with Crippen LogP contribution in [0.1, 0.15) is 57.4 Å². The molecule has 0 bridgehead atoms. The van der Waals surface area contributed by atoms with E-state index in [1.165, 1.54) is 44.1 Å². The molecule has 1 unspecified atom stereocenters. The molecule has 3 nitrogen and oxygen atoms in total. The minimum atomic E-state index is 0.405. The highest BCUT2D eigenvalue weighted by molar-refractivity contribution is 5.28. The van der Waals surface area contributed by atoms with E-state index in [1.807, 2.05) is 0 Å². The van der Waals surface area contributed by atoms with Crippen LogP contribution in [-0.2, 0) is 11.3 Å². The highest BCUT2D eigenvalue weighted by Gasteiger charge is 2.14. The van der Waals surface area contributed by atoms with Gasteiger partial charge in [-0.1, -0.05) is 44.7 Å². The second-order valence-corrected chi connectivity index (χ2v) is 6.18. The first-order valence-electron chi connectivity index (χ1n) is 8.92. The standard InChI is InChI=1S/C19H31NO2/c1-2-3-4-5-6-12-21-18-10-7-9-17(14-18)15-20-16-19-11-8-13-22-19/h7,9-10,14,19-20H,2-6,8,11-13,15-16H2,1H3. The van der Waals surface area contributed by atoms with Crippen molar-refractivity contribution in [2.45, 2.75) is 64.5 Å². The molecule has 1 N–H and O–H groups in total. The van der Waals surface area contributed by atoms with Crippen molar-refractivity contribution in [1.82, 2.24) is 5.32 Å². The molecule has 0 aliphatic carbocycles. The quantitative estimate of drug-likeness (QED) is 0.618. The number of ether oxygens (including phenoxy) is 2. The van der Waals surface area contributed by atoms with Crippen molar-refractivity contribution in [3.05, 3.63) is 29.8 Å². The van der Waals surface area contributed by atoms with Crippen molar-refractivity contribution in [3.63, 3.8) is 0 Å². The molecule has 2 rings (SSSR count). The Balaban J connectivity index is 1.61.